The first-order valence-corrected chi connectivity index (χ1v) is 27.7. The van der Waals surface area contributed by atoms with E-state index in [9.17, 15) is 14.4 Å². The van der Waals surface area contributed by atoms with Gasteiger partial charge in [-0.15, -0.1) is 0 Å². The van der Waals surface area contributed by atoms with E-state index in [1.807, 2.05) is 0 Å². The molecular formula is C56H108O6. The van der Waals surface area contributed by atoms with E-state index in [1.54, 1.807) is 0 Å². The number of carbonyl (C=O) groups is 3. The monoisotopic (exact) mass is 877 g/mol. The molecule has 0 aliphatic rings. The minimum Gasteiger partial charge on any atom is -0.462 e. The largest absolute Gasteiger partial charge is 0.462 e. The van der Waals surface area contributed by atoms with Gasteiger partial charge in [0.05, 0.1) is 0 Å². The highest BCUT2D eigenvalue weighted by atomic mass is 16.6. The number of hydrogen-bond donors (Lipinski definition) is 0. The fourth-order valence-electron chi connectivity index (χ4n) is 8.52. The van der Waals surface area contributed by atoms with E-state index in [0.717, 1.165) is 69.6 Å². The van der Waals surface area contributed by atoms with Crippen LogP contribution in [0.5, 0.6) is 0 Å². The molecule has 0 aliphatic carbocycles. The summed E-state index contributed by atoms with van der Waals surface area (Å²) in [4.78, 5) is 38.0. The molecule has 0 bridgehead atoms. The summed E-state index contributed by atoms with van der Waals surface area (Å²) in [6.07, 6.45) is 50.9. The van der Waals surface area contributed by atoms with Crippen LogP contribution in [-0.2, 0) is 28.6 Å². The van der Waals surface area contributed by atoms with Crippen LogP contribution in [0.3, 0.4) is 0 Å². The van der Waals surface area contributed by atoms with Crippen molar-refractivity contribution < 1.29 is 28.6 Å². The number of esters is 3. The molecule has 0 radical (unpaired) electrons. The van der Waals surface area contributed by atoms with Gasteiger partial charge in [-0.05, 0) is 31.1 Å². The fourth-order valence-corrected chi connectivity index (χ4v) is 8.52. The maximum absolute atomic E-state index is 12.8. The van der Waals surface area contributed by atoms with Crippen molar-refractivity contribution in [1.29, 1.82) is 0 Å². The minimum atomic E-state index is -0.762. The third-order valence-electron chi connectivity index (χ3n) is 12.7. The molecule has 0 rings (SSSR count). The lowest BCUT2D eigenvalue weighted by molar-refractivity contribution is -0.167. The highest BCUT2D eigenvalue weighted by molar-refractivity contribution is 5.71. The Balaban J connectivity index is 4.27. The van der Waals surface area contributed by atoms with Crippen LogP contribution in [0.15, 0.2) is 0 Å². The van der Waals surface area contributed by atoms with E-state index in [-0.39, 0.29) is 31.1 Å². The van der Waals surface area contributed by atoms with Crippen LogP contribution < -0.4 is 0 Å². The van der Waals surface area contributed by atoms with Gasteiger partial charge < -0.3 is 14.2 Å². The van der Waals surface area contributed by atoms with Crippen molar-refractivity contribution in [1.82, 2.24) is 0 Å². The Kier molecular flexibility index (Phi) is 47.6. The molecule has 1 atom stereocenters. The van der Waals surface area contributed by atoms with Gasteiger partial charge in [-0.25, -0.2) is 0 Å². The number of unbranched alkanes of at least 4 members (excludes halogenated alkanes) is 35. The van der Waals surface area contributed by atoms with Gasteiger partial charge in [0.2, 0.25) is 0 Å². The Morgan fingerprint density at radius 3 is 0.790 bits per heavy atom. The normalized spacial score (nSPS) is 12.0. The van der Waals surface area contributed by atoms with Crippen molar-refractivity contribution in [2.75, 3.05) is 13.2 Å². The zero-order chi connectivity index (χ0) is 45.4. The molecule has 0 spiro atoms. The Hall–Kier alpha value is -1.59. The van der Waals surface area contributed by atoms with Gasteiger partial charge in [0.1, 0.15) is 13.2 Å². The van der Waals surface area contributed by atoms with Crippen molar-refractivity contribution in [3.05, 3.63) is 0 Å². The maximum atomic E-state index is 12.8. The van der Waals surface area contributed by atoms with Gasteiger partial charge in [-0.2, -0.15) is 0 Å². The van der Waals surface area contributed by atoms with Crippen molar-refractivity contribution >= 4 is 17.9 Å². The molecule has 0 saturated heterocycles. The molecular weight excluding hydrogens is 769 g/mol. The molecule has 0 saturated carbocycles. The van der Waals surface area contributed by atoms with Crippen molar-refractivity contribution in [2.45, 2.75) is 317 Å². The molecule has 6 heteroatoms. The molecule has 0 heterocycles. The van der Waals surface area contributed by atoms with E-state index >= 15 is 0 Å². The predicted molar refractivity (Wildman–Crippen MR) is 266 cm³/mol. The van der Waals surface area contributed by atoms with Gasteiger partial charge in [-0.3, -0.25) is 14.4 Å². The van der Waals surface area contributed by atoms with Crippen LogP contribution >= 0.6 is 0 Å². The predicted octanol–water partition coefficient (Wildman–Crippen LogP) is 18.1. The molecule has 368 valence electrons. The summed E-state index contributed by atoms with van der Waals surface area (Å²) < 4.78 is 16.9. The summed E-state index contributed by atoms with van der Waals surface area (Å²) in [6, 6.07) is 0. The van der Waals surface area contributed by atoms with Crippen molar-refractivity contribution in [2.24, 2.45) is 11.8 Å². The molecule has 62 heavy (non-hydrogen) atoms. The first-order valence-electron chi connectivity index (χ1n) is 27.7. The number of ether oxygens (including phenoxy) is 3. The second-order valence-corrected chi connectivity index (χ2v) is 20.2. The molecule has 0 amide bonds. The SMILES string of the molecule is CCCCCCCCCCCCCCCCC(=O)OC[C@H](COC(=O)CCCCCCCCCCCCCCCCCC(C)C)OC(=O)CCCCCCCCCCCC(C)C. The minimum absolute atomic E-state index is 0.0633. The second-order valence-electron chi connectivity index (χ2n) is 20.2. The molecule has 0 aromatic carbocycles. The lowest BCUT2D eigenvalue weighted by Gasteiger charge is -2.18. The number of hydrogen-bond acceptors (Lipinski definition) is 6. The summed E-state index contributed by atoms with van der Waals surface area (Å²) in [7, 11) is 0. The number of carbonyl (C=O) groups excluding carboxylic acids is 3. The molecule has 0 aromatic rings. The van der Waals surface area contributed by atoms with Crippen LogP contribution in [0.4, 0.5) is 0 Å². The van der Waals surface area contributed by atoms with E-state index in [4.69, 9.17) is 14.2 Å². The van der Waals surface area contributed by atoms with Crippen molar-refractivity contribution in [3.8, 4) is 0 Å². The number of rotatable bonds is 50. The summed E-state index contributed by atoms with van der Waals surface area (Å²) >= 11 is 0. The van der Waals surface area contributed by atoms with Gasteiger partial charge >= 0.3 is 17.9 Å². The molecule has 0 unspecified atom stereocenters. The standard InChI is InChI=1S/C56H108O6/c1-6-7-8-9-10-11-12-13-18-21-26-31-36-41-46-54(57)60-49-53(62-56(59)48-43-38-33-28-23-25-30-35-40-45-52(4)5)50-61-55(58)47-42-37-32-27-22-19-16-14-15-17-20-24-29-34-39-44-51(2)3/h51-53H,6-50H2,1-5H3/t53-/m1/s1. The first kappa shape index (κ1) is 60.4. The molecule has 0 fully saturated rings. The van der Waals surface area contributed by atoms with Crippen LogP contribution in [-0.4, -0.2) is 37.2 Å². The zero-order valence-corrected chi connectivity index (χ0v) is 42.5. The third-order valence-corrected chi connectivity index (χ3v) is 12.7. The molecule has 0 aromatic heterocycles. The molecule has 6 nitrogen and oxygen atoms in total. The zero-order valence-electron chi connectivity index (χ0n) is 42.5. The Bertz CT molecular complexity index is 947. The topological polar surface area (TPSA) is 78.9 Å². The summed E-state index contributed by atoms with van der Waals surface area (Å²) in [5, 5.41) is 0. The Morgan fingerprint density at radius 2 is 0.532 bits per heavy atom. The highest BCUT2D eigenvalue weighted by Crippen LogP contribution is 2.18. The van der Waals surface area contributed by atoms with Gasteiger partial charge in [0.15, 0.2) is 6.10 Å². The first-order chi connectivity index (χ1) is 30.2. The smallest absolute Gasteiger partial charge is 0.306 e. The van der Waals surface area contributed by atoms with Gasteiger partial charge in [0.25, 0.3) is 0 Å². The molecule has 0 N–H and O–H groups in total. The summed E-state index contributed by atoms with van der Waals surface area (Å²) in [6.45, 7) is 11.4. The fraction of sp³-hybridized carbons (Fsp3) is 0.946. The van der Waals surface area contributed by atoms with Gasteiger partial charge in [-0.1, -0.05) is 272 Å². The van der Waals surface area contributed by atoms with Crippen LogP contribution in [0.1, 0.15) is 311 Å². The van der Waals surface area contributed by atoms with E-state index in [1.165, 1.54) is 199 Å². The summed E-state index contributed by atoms with van der Waals surface area (Å²) in [5.41, 5.74) is 0. The van der Waals surface area contributed by atoms with Crippen LogP contribution in [0.2, 0.25) is 0 Å². The average molecular weight is 877 g/mol. The van der Waals surface area contributed by atoms with Crippen LogP contribution in [0.25, 0.3) is 0 Å². The average Bonchev–Trinajstić information content (AvgIpc) is 3.24. The maximum Gasteiger partial charge on any atom is 0.306 e. The third kappa shape index (κ3) is 49.4. The van der Waals surface area contributed by atoms with E-state index in [2.05, 4.69) is 34.6 Å². The highest BCUT2D eigenvalue weighted by Gasteiger charge is 2.19. The van der Waals surface area contributed by atoms with Crippen molar-refractivity contribution in [3.63, 3.8) is 0 Å². The summed E-state index contributed by atoms with van der Waals surface area (Å²) in [5.74, 6) is 0.811. The van der Waals surface area contributed by atoms with E-state index < -0.39 is 6.10 Å². The quantitative estimate of drug-likeness (QED) is 0.0344. The Labute approximate surface area is 387 Å². The van der Waals surface area contributed by atoms with E-state index in [0.29, 0.717) is 19.3 Å². The van der Waals surface area contributed by atoms with Crippen LogP contribution in [0, 0.1) is 11.8 Å². The molecule has 0 aliphatic heterocycles. The van der Waals surface area contributed by atoms with Gasteiger partial charge in [0, 0.05) is 19.3 Å². The lowest BCUT2D eigenvalue weighted by Crippen LogP contribution is -2.30. The lowest BCUT2D eigenvalue weighted by atomic mass is 10.0. The Morgan fingerprint density at radius 1 is 0.306 bits per heavy atom. The second kappa shape index (κ2) is 48.9.